The molecule has 0 spiro atoms. The van der Waals surface area contributed by atoms with Crippen LogP contribution in [0.25, 0.3) is 0 Å². The number of rotatable bonds is 3. The van der Waals surface area contributed by atoms with E-state index in [1.54, 1.807) is 18.2 Å². The van der Waals surface area contributed by atoms with E-state index in [1.165, 1.54) is 12.3 Å². The highest BCUT2D eigenvalue weighted by Crippen LogP contribution is 2.23. The highest BCUT2D eigenvalue weighted by Gasteiger charge is 2.27. The topological polar surface area (TPSA) is 108 Å². The molecule has 0 amide bonds. The molecular formula is C14H10BN3O4. The number of fused-ring (bicyclic) bond motifs is 1. The molecule has 1 aliphatic rings. The Morgan fingerprint density at radius 3 is 3.09 bits per heavy atom. The van der Waals surface area contributed by atoms with Gasteiger partial charge in [0.2, 0.25) is 5.88 Å². The fourth-order valence-corrected chi connectivity index (χ4v) is 2.16. The highest BCUT2D eigenvalue weighted by atomic mass is 16.5. The molecule has 22 heavy (non-hydrogen) atoms. The molecule has 1 aromatic heterocycles. The monoisotopic (exact) mass is 295 g/mol. The van der Waals surface area contributed by atoms with Crippen LogP contribution in [0.1, 0.15) is 16.7 Å². The molecule has 0 radical (unpaired) electrons. The molecule has 2 aromatic rings. The van der Waals surface area contributed by atoms with Crippen molar-refractivity contribution >= 4 is 18.8 Å². The highest BCUT2D eigenvalue weighted by molar-refractivity contribution is 6.61. The summed E-state index contributed by atoms with van der Waals surface area (Å²) in [5.74, 6) is 0.786. The molecule has 1 aliphatic heterocycles. The molecule has 2 N–H and O–H groups in total. The summed E-state index contributed by atoms with van der Waals surface area (Å²) in [6.45, 7) is 0.316. The van der Waals surface area contributed by atoms with Gasteiger partial charge in [-0.2, -0.15) is 5.26 Å². The van der Waals surface area contributed by atoms with Crippen LogP contribution in [0.5, 0.6) is 11.6 Å². The van der Waals surface area contributed by atoms with Crippen LogP contribution in [-0.4, -0.2) is 28.5 Å². The van der Waals surface area contributed by atoms with Crippen LogP contribution in [0.2, 0.25) is 0 Å². The first-order valence-corrected chi connectivity index (χ1v) is 6.39. The van der Waals surface area contributed by atoms with Gasteiger partial charge in [-0.3, -0.25) is 0 Å². The molecule has 7 nitrogen and oxygen atoms in total. The summed E-state index contributed by atoms with van der Waals surface area (Å²) in [7, 11) is -0.899. The largest absolute Gasteiger partial charge is 0.491 e. The summed E-state index contributed by atoms with van der Waals surface area (Å²) in [4.78, 5) is 4.03. The number of hydrogen-bond donors (Lipinski definition) is 2. The molecule has 0 unspecified atom stereocenters. The maximum Gasteiger partial charge on any atom is 0.491 e. The SMILES string of the molecule is N#Cc1cnc(Oc2ccc3c(c2)COB3O)cc1/C=N/O. The van der Waals surface area contributed by atoms with Crippen LogP contribution in [0, 0.1) is 11.3 Å². The van der Waals surface area contributed by atoms with E-state index in [-0.39, 0.29) is 11.4 Å². The number of pyridine rings is 1. The van der Waals surface area contributed by atoms with Gasteiger partial charge in [0.25, 0.3) is 0 Å². The van der Waals surface area contributed by atoms with Crippen LogP contribution >= 0.6 is 0 Å². The predicted molar refractivity (Wildman–Crippen MR) is 77.2 cm³/mol. The van der Waals surface area contributed by atoms with Crippen LogP contribution < -0.4 is 10.2 Å². The molecule has 0 aliphatic carbocycles. The Bertz CT molecular complexity index is 788. The van der Waals surface area contributed by atoms with Crippen molar-refractivity contribution in [2.24, 2.45) is 5.16 Å². The van der Waals surface area contributed by atoms with Crippen molar-refractivity contribution in [1.29, 1.82) is 5.26 Å². The number of nitrogens with zero attached hydrogens (tertiary/aromatic N) is 3. The van der Waals surface area contributed by atoms with Crippen molar-refractivity contribution in [3.63, 3.8) is 0 Å². The first-order chi connectivity index (χ1) is 10.7. The Balaban J connectivity index is 1.88. The maximum absolute atomic E-state index is 9.57. The molecular weight excluding hydrogens is 285 g/mol. The zero-order valence-electron chi connectivity index (χ0n) is 11.3. The number of benzene rings is 1. The molecule has 3 rings (SSSR count). The molecule has 0 fully saturated rings. The Kier molecular flexibility index (Phi) is 3.74. The van der Waals surface area contributed by atoms with Crippen molar-refractivity contribution in [2.75, 3.05) is 0 Å². The summed E-state index contributed by atoms with van der Waals surface area (Å²) >= 11 is 0. The van der Waals surface area contributed by atoms with Crippen LogP contribution in [0.3, 0.4) is 0 Å². The van der Waals surface area contributed by atoms with Crippen LogP contribution in [0.4, 0.5) is 0 Å². The fourth-order valence-electron chi connectivity index (χ4n) is 2.16. The summed E-state index contributed by atoms with van der Waals surface area (Å²) in [6.07, 6.45) is 2.48. The third kappa shape index (κ3) is 2.63. The van der Waals surface area contributed by atoms with Gasteiger partial charge in [-0.05, 0) is 23.2 Å². The van der Waals surface area contributed by atoms with Gasteiger partial charge in [0, 0.05) is 17.8 Å². The Morgan fingerprint density at radius 1 is 1.45 bits per heavy atom. The summed E-state index contributed by atoms with van der Waals surface area (Å²) in [5.41, 5.74) is 2.23. The van der Waals surface area contributed by atoms with Gasteiger partial charge in [-0.15, -0.1) is 0 Å². The molecule has 2 heterocycles. The van der Waals surface area contributed by atoms with Crippen LogP contribution in [0.15, 0.2) is 35.6 Å². The van der Waals surface area contributed by atoms with Crippen molar-refractivity contribution < 1.29 is 19.6 Å². The third-order valence-electron chi connectivity index (χ3n) is 3.23. The second-order valence-corrected chi connectivity index (χ2v) is 4.59. The maximum atomic E-state index is 9.57. The minimum absolute atomic E-state index is 0.258. The minimum Gasteiger partial charge on any atom is -0.439 e. The molecule has 8 heteroatoms. The fraction of sp³-hybridized carbons (Fsp3) is 0.0714. The van der Waals surface area contributed by atoms with E-state index in [0.717, 1.165) is 11.8 Å². The van der Waals surface area contributed by atoms with Gasteiger partial charge in [-0.25, -0.2) is 4.98 Å². The van der Waals surface area contributed by atoms with Gasteiger partial charge in [0.1, 0.15) is 11.8 Å². The van der Waals surface area contributed by atoms with E-state index in [4.69, 9.17) is 19.9 Å². The van der Waals surface area contributed by atoms with E-state index in [2.05, 4.69) is 10.1 Å². The predicted octanol–water partition coefficient (Wildman–Crippen LogP) is 0.771. The molecule has 0 saturated heterocycles. The lowest BCUT2D eigenvalue weighted by Gasteiger charge is -2.07. The van der Waals surface area contributed by atoms with Crippen molar-refractivity contribution in [3.8, 4) is 17.7 Å². The average Bonchev–Trinajstić information content (AvgIpc) is 2.89. The van der Waals surface area contributed by atoms with Crippen LogP contribution in [-0.2, 0) is 11.3 Å². The molecule has 108 valence electrons. The lowest BCUT2D eigenvalue weighted by Crippen LogP contribution is -2.27. The second-order valence-electron chi connectivity index (χ2n) is 4.59. The second kappa shape index (κ2) is 5.85. The van der Waals surface area contributed by atoms with Gasteiger partial charge in [-0.1, -0.05) is 11.2 Å². The number of ether oxygens (including phenoxy) is 1. The Hall–Kier alpha value is -2.89. The number of oxime groups is 1. The number of nitriles is 1. The lowest BCUT2D eigenvalue weighted by atomic mass is 9.80. The summed E-state index contributed by atoms with van der Waals surface area (Å²) in [6, 6.07) is 8.61. The Labute approximate surface area is 126 Å². The molecule has 0 saturated carbocycles. The molecule has 0 bridgehead atoms. The van der Waals surface area contributed by atoms with E-state index in [1.807, 2.05) is 6.07 Å². The van der Waals surface area contributed by atoms with Crippen molar-refractivity contribution in [1.82, 2.24) is 4.98 Å². The van der Waals surface area contributed by atoms with E-state index in [9.17, 15) is 5.02 Å². The zero-order valence-corrected chi connectivity index (χ0v) is 11.3. The third-order valence-corrected chi connectivity index (χ3v) is 3.23. The van der Waals surface area contributed by atoms with E-state index < -0.39 is 7.12 Å². The first-order valence-electron chi connectivity index (χ1n) is 6.39. The zero-order chi connectivity index (χ0) is 15.5. The normalized spacial score (nSPS) is 13.2. The summed E-state index contributed by atoms with van der Waals surface area (Å²) < 4.78 is 10.7. The number of aromatic nitrogens is 1. The van der Waals surface area contributed by atoms with E-state index in [0.29, 0.717) is 23.4 Å². The lowest BCUT2D eigenvalue weighted by molar-refractivity contribution is 0.275. The Morgan fingerprint density at radius 2 is 2.32 bits per heavy atom. The average molecular weight is 295 g/mol. The number of hydrogen-bond acceptors (Lipinski definition) is 7. The smallest absolute Gasteiger partial charge is 0.439 e. The summed E-state index contributed by atoms with van der Waals surface area (Å²) in [5, 5.41) is 30.0. The first kappa shape index (κ1) is 14.1. The van der Waals surface area contributed by atoms with Gasteiger partial charge >= 0.3 is 7.12 Å². The van der Waals surface area contributed by atoms with Crippen molar-refractivity contribution in [3.05, 3.63) is 47.2 Å². The van der Waals surface area contributed by atoms with Gasteiger partial charge in [0.05, 0.1) is 18.4 Å². The van der Waals surface area contributed by atoms with Gasteiger partial charge in [0.15, 0.2) is 0 Å². The standard InChI is InChI=1S/C14H10BN3O4/c16-5-11-6-17-14(4-9(11)7-18-20)22-12-1-2-13-10(3-12)8-21-15(13)19/h1-4,6-7,19-20H,8H2/b18-7+. The quantitative estimate of drug-likeness (QED) is 0.375. The van der Waals surface area contributed by atoms with Gasteiger partial charge < -0.3 is 19.6 Å². The van der Waals surface area contributed by atoms with Crippen molar-refractivity contribution in [2.45, 2.75) is 6.61 Å². The molecule has 0 atom stereocenters. The van der Waals surface area contributed by atoms with E-state index >= 15 is 0 Å². The molecule has 1 aromatic carbocycles. The minimum atomic E-state index is -0.899.